The van der Waals surface area contributed by atoms with Gasteiger partial charge in [0.15, 0.2) is 0 Å². The van der Waals surface area contributed by atoms with Gasteiger partial charge in [0.2, 0.25) is 5.82 Å². The van der Waals surface area contributed by atoms with Crippen molar-refractivity contribution in [2.24, 2.45) is 5.73 Å². The molecule has 0 aliphatic heterocycles. The van der Waals surface area contributed by atoms with E-state index in [1.165, 1.54) is 0 Å². The second-order valence-electron chi connectivity index (χ2n) is 4.30. The van der Waals surface area contributed by atoms with E-state index in [0.717, 1.165) is 0 Å². The third-order valence-corrected chi connectivity index (χ3v) is 2.44. The minimum absolute atomic E-state index is 0.0148. The van der Waals surface area contributed by atoms with Gasteiger partial charge in [0, 0.05) is 19.1 Å². The van der Waals surface area contributed by atoms with Gasteiger partial charge in [-0.1, -0.05) is 0 Å². The number of carbonyl (C=O) groups is 1. The van der Waals surface area contributed by atoms with Crippen molar-refractivity contribution in [3.63, 3.8) is 0 Å². The predicted octanol–water partition coefficient (Wildman–Crippen LogP) is 0.761. The largest absolute Gasteiger partial charge is 0.363 e. The summed E-state index contributed by atoms with van der Waals surface area (Å²) in [7, 11) is 0. The minimum atomic E-state index is -0.634. The number of nitrogens with two attached hydrogens (primary N) is 1. The van der Waals surface area contributed by atoms with Crippen LogP contribution in [0.2, 0.25) is 0 Å². The molecule has 0 aromatic carbocycles. The van der Waals surface area contributed by atoms with Crippen LogP contribution in [0.3, 0.4) is 0 Å². The fourth-order valence-corrected chi connectivity index (χ4v) is 1.66. The van der Waals surface area contributed by atoms with Crippen LogP contribution < -0.4 is 16.4 Å². The smallest absolute Gasteiger partial charge is 0.333 e. The van der Waals surface area contributed by atoms with Crippen molar-refractivity contribution in [2.75, 3.05) is 18.4 Å². The molecule has 0 fully saturated rings. The zero-order chi connectivity index (χ0) is 14.6. The maximum Gasteiger partial charge on any atom is 0.333 e. The Morgan fingerprint density at radius 3 is 2.63 bits per heavy atom. The van der Waals surface area contributed by atoms with Crippen LogP contribution in [0, 0.1) is 17.0 Å². The van der Waals surface area contributed by atoms with Gasteiger partial charge in [-0.2, -0.15) is 5.10 Å². The maximum atomic E-state index is 11.0. The molecule has 106 valence electrons. The summed E-state index contributed by atoms with van der Waals surface area (Å²) in [5, 5.41) is 20.5. The number of amides is 2. The Bertz CT molecular complexity index is 482. The van der Waals surface area contributed by atoms with E-state index in [2.05, 4.69) is 15.7 Å². The van der Waals surface area contributed by atoms with Crippen LogP contribution >= 0.6 is 0 Å². The van der Waals surface area contributed by atoms with Gasteiger partial charge in [0.25, 0.3) is 0 Å². The third kappa shape index (κ3) is 3.57. The molecule has 0 saturated carbocycles. The Balaban J connectivity index is 2.89. The predicted molar refractivity (Wildman–Crippen MR) is 70.1 cm³/mol. The maximum absolute atomic E-state index is 11.0. The monoisotopic (exact) mass is 270 g/mol. The highest BCUT2D eigenvalue weighted by molar-refractivity contribution is 5.71. The number of hydrogen-bond acceptors (Lipinski definition) is 5. The van der Waals surface area contributed by atoms with E-state index in [-0.39, 0.29) is 18.3 Å². The molecule has 1 rings (SSSR count). The zero-order valence-corrected chi connectivity index (χ0v) is 11.1. The van der Waals surface area contributed by atoms with Crippen molar-refractivity contribution in [3.8, 4) is 0 Å². The molecular formula is C10H18N6O3. The number of aromatic nitrogens is 2. The lowest BCUT2D eigenvalue weighted by Gasteiger charge is -2.11. The fourth-order valence-electron chi connectivity index (χ4n) is 1.66. The number of hydrogen-bond donors (Lipinski definition) is 3. The molecule has 1 heterocycles. The van der Waals surface area contributed by atoms with Crippen molar-refractivity contribution in [3.05, 3.63) is 15.8 Å². The first-order valence-electron chi connectivity index (χ1n) is 5.85. The lowest BCUT2D eigenvalue weighted by Crippen LogP contribution is -2.33. The normalized spacial score (nSPS) is 10.5. The van der Waals surface area contributed by atoms with E-state index in [1.807, 2.05) is 13.8 Å². The van der Waals surface area contributed by atoms with Gasteiger partial charge in [-0.15, -0.1) is 0 Å². The molecule has 4 N–H and O–H groups in total. The summed E-state index contributed by atoms with van der Waals surface area (Å²) in [5.74, 6) is 0.337. The molecule has 0 aliphatic carbocycles. The lowest BCUT2D eigenvalue weighted by atomic mass is 10.3. The quantitative estimate of drug-likeness (QED) is 0.399. The van der Waals surface area contributed by atoms with Crippen molar-refractivity contribution < 1.29 is 9.72 Å². The van der Waals surface area contributed by atoms with Gasteiger partial charge in [-0.05, 0) is 20.8 Å². The summed E-state index contributed by atoms with van der Waals surface area (Å²) in [6.45, 7) is 5.94. The Hall–Kier alpha value is -2.32. The molecule has 0 radical (unpaired) electrons. The molecule has 1 aromatic rings. The first-order valence-corrected chi connectivity index (χ1v) is 5.85. The highest BCUT2D eigenvalue weighted by atomic mass is 16.6. The van der Waals surface area contributed by atoms with E-state index in [9.17, 15) is 14.9 Å². The average molecular weight is 270 g/mol. The van der Waals surface area contributed by atoms with E-state index in [0.29, 0.717) is 18.1 Å². The summed E-state index contributed by atoms with van der Waals surface area (Å²) >= 11 is 0. The van der Waals surface area contributed by atoms with Crippen LogP contribution in [0.5, 0.6) is 0 Å². The molecule has 9 heteroatoms. The van der Waals surface area contributed by atoms with Gasteiger partial charge in [0.05, 0.1) is 4.92 Å². The average Bonchev–Trinajstić information content (AvgIpc) is 2.61. The number of nitro groups is 1. The number of anilines is 1. The van der Waals surface area contributed by atoms with Crippen LogP contribution in [-0.2, 0) is 0 Å². The second-order valence-corrected chi connectivity index (χ2v) is 4.30. The molecule has 0 spiro atoms. The van der Waals surface area contributed by atoms with E-state index in [1.54, 1.807) is 11.6 Å². The van der Waals surface area contributed by atoms with E-state index < -0.39 is 11.0 Å². The van der Waals surface area contributed by atoms with Gasteiger partial charge in [-0.25, -0.2) is 9.48 Å². The molecule has 9 nitrogen and oxygen atoms in total. The molecule has 1 aromatic heterocycles. The first kappa shape index (κ1) is 14.7. The van der Waals surface area contributed by atoms with Crippen LogP contribution in [0.1, 0.15) is 25.6 Å². The van der Waals surface area contributed by atoms with Crippen LogP contribution in [0.15, 0.2) is 0 Å². The van der Waals surface area contributed by atoms with Gasteiger partial charge >= 0.3 is 11.7 Å². The molecule has 0 unspecified atom stereocenters. The van der Waals surface area contributed by atoms with Crippen molar-refractivity contribution >= 4 is 17.5 Å². The SMILES string of the molecule is Cc1nn(C(C)C)c(NCCNC(N)=O)c1[N+](=O)[O-]. The zero-order valence-electron chi connectivity index (χ0n) is 11.1. The Morgan fingerprint density at radius 1 is 1.53 bits per heavy atom. The molecule has 0 saturated heterocycles. The van der Waals surface area contributed by atoms with Crippen molar-refractivity contribution in [1.29, 1.82) is 0 Å². The number of primary amides is 1. The van der Waals surface area contributed by atoms with Gasteiger partial charge in [-0.3, -0.25) is 10.1 Å². The van der Waals surface area contributed by atoms with Crippen molar-refractivity contribution in [1.82, 2.24) is 15.1 Å². The van der Waals surface area contributed by atoms with E-state index >= 15 is 0 Å². The summed E-state index contributed by atoms with van der Waals surface area (Å²) in [6, 6.07) is -0.649. The second kappa shape index (κ2) is 6.03. The number of carbonyl (C=O) groups excluding carboxylic acids is 1. The number of urea groups is 1. The van der Waals surface area contributed by atoms with Crippen LogP contribution in [0.25, 0.3) is 0 Å². The highest BCUT2D eigenvalue weighted by Gasteiger charge is 2.26. The lowest BCUT2D eigenvalue weighted by molar-refractivity contribution is -0.384. The van der Waals surface area contributed by atoms with E-state index in [4.69, 9.17) is 5.73 Å². The first-order chi connectivity index (χ1) is 8.84. The summed E-state index contributed by atoms with van der Waals surface area (Å²) in [5.41, 5.74) is 5.23. The summed E-state index contributed by atoms with van der Waals surface area (Å²) in [4.78, 5) is 21.1. The molecular weight excluding hydrogens is 252 g/mol. The Kier molecular flexibility index (Phi) is 4.67. The van der Waals surface area contributed by atoms with Gasteiger partial charge < -0.3 is 16.4 Å². The topological polar surface area (TPSA) is 128 Å². The molecule has 0 aliphatic rings. The van der Waals surface area contributed by atoms with Gasteiger partial charge in [0.1, 0.15) is 5.69 Å². The van der Waals surface area contributed by atoms with Crippen LogP contribution in [0.4, 0.5) is 16.3 Å². The standard InChI is InChI=1S/C10H18N6O3/c1-6(2)15-9(12-4-5-13-10(11)17)8(16(18)19)7(3)14-15/h6,12H,4-5H2,1-3H3,(H3,11,13,17). The van der Waals surface area contributed by atoms with Crippen LogP contribution in [-0.4, -0.2) is 33.8 Å². The van der Waals surface area contributed by atoms with Crippen molar-refractivity contribution in [2.45, 2.75) is 26.8 Å². The summed E-state index contributed by atoms with van der Waals surface area (Å²) in [6.07, 6.45) is 0. The number of nitrogens with zero attached hydrogens (tertiary/aromatic N) is 3. The number of nitrogens with one attached hydrogen (secondary N) is 2. The highest BCUT2D eigenvalue weighted by Crippen LogP contribution is 2.30. The molecule has 0 atom stereocenters. The number of rotatable bonds is 6. The minimum Gasteiger partial charge on any atom is -0.363 e. The molecule has 0 bridgehead atoms. The summed E-state index contributed by atoms with van der Waals surface area (Å²) < 4.78 is 1.55. The third-order valence-electron chi connectivity index (χ3n) is 2.44. The molecule has 19 heavy (non-hydrogen) atoms. The fraction of sp³-hybridized carbons (Fsp3) is 0.600. The number of aryl methyl sites for hydroxylation is 1. The Morgan fingerprint density at radius 2 is 2.16 bits per heavy atom. The Labute approximate surface area is 110 Å². The molecule has 2 amide bonds.